The number of methoxy groups -OCH3 is 1. The Balaban J connectivity index is 2.27. The molecule has 8 heteroatoms. The van der Waals surface area contributed by atoms with Gasteiger partial charge in [-0.25, -0.2) is 8.42 Å². The monoisotopic (exact) mass is 410 g/mol. The molecule has 0 aliphatic heterocycles. The van der Waals surface area contributed by atoms with E-state index in [2.05, 4.69) is 5.32 Å². The molecule has 0 saturated heterocycles. The average Bonchev–Trinajstić information content (AvgIpc) is 2.60. The summed E-state index contributed by atoms with van der Waals surface area (Å²) in [5, 5.41) is 3.23. The van der Waals surface area contributed by atoms with Gasteiger partial charge in [0.05, 0.1) is 25.1 Å². The Morgan fingerprint density at radius 2 is 1.81 bits per heavy atom. The Morgan fingerprint density at radius 1 is 1.15 bits per heavy atom. The fourth-order valence-corrected chi connectivity index (χ4v) is 4.21. The number of carbonyl (C=O) groups is 1. The molecule has 0 bridgehead atoms. The summed E-state index contributed by atoms with van der Waals surface area (Å²) in [4.78, 5) is 12.8. The van der Waals surface area contributed by atoms with Crippen molar-refractivity contribution in [2.24, 2.45) is 0 Å². The van der Waals surface area contributed by atoms with Crippen molar-refractivity contribution in [2.45, 2.75) is 25.9 Å². The molecule has 0 aliphatic rings. The first-order valence-corrected chi connectivity index (χ1v) is 10.6. The largest absolute Gasteiger partial charge is 0.496 e. The van der Waals surface area contributed by atoms with Crippen molar-refractivity contribution in [2.75, 3.05) is 17.7 Å². The van der Waals surface area contributed by atoms with Crippen LogP contribution in [0, 0.1) is 0 Å². The van der Waals surface area contributed by atoms with Gasteiger partial charge in [0.2, 0.25) is 15.9 Å². The molecule has 0 heterocycles. The summed E-state index contributed by atoms with van der Waals surface area (Å²) >= 11 is 5.99. The Bertz CT molecular complexity index is 917. The summed E-state index contributed by atoms with van der Waals surface area (Å²) in [7, 11) is -2.15. The summed E-state index contributed by atoms with van der Waals surface area (Å²) in [6, 6.07) is 12.4. The molecule has 0 spiro atoms. The molecule has 27 heavy (non-hydrogen) atoms. The fraction of sp³-hybridized carbons (Fsp3) is 0.316. The quantitative estimate of drug-likeness (QED) is 0.759. The summed E-state index contributed by atoms with van der Waals surface area (Å²) in [6.07, 6.45) is 1.06. The third-order valence-electron chi connectivity index (χ3n) is 4.12. The van der Waals surface area contributed by atoms with Gasteiger partial charge in [0.1, 0.15) is 11.8 Å². The molecule has 0 aliphatic carbocycles. The predicted octanol–water partition coefficient (Wildman–Crippen LogP) is 3.38. The van der Waals surface area contributed by atoms with Crippen molar-refractivity contribution in [3.05, 3.63) is 59.1 Å². The zero-order valence-electron chi connectivity index (χ0n) is 15.6. The number of halogens is 1. The highest BCUT2D eigenvalue weighted by Crippen LogP contribution is 2.26. The number of sulfonamides is 1. The Hall–Kier alpha value is -2.25. The standard InChI is InChI=1S/C19H23ClN2O4S/c1-13(17-10-5-6-11-18(17)26-3)21-19(23)14(2)22(27(4,24)25)16-9-7-8-15(20)12-16/h5-14H,1-4H3,(H,21,23)/t13-,14+/m0/s1. The van der Waals surface area contributed by atoms with Gasteiger partial charge in [-0.05, 0) is 38.1 Å². The average molecular weight is 411 g/mol. The van der Waals surface area contributed by atoms with Crippen molar-refractivity contribution in [1.29, 1.82) is 0 Å². The first kappa shape index (κ1) is 21.1. The third-order valence-corrected chi connectivity index (χ3v) is 5.59. The molecule has 0 aromatic heterocycles. The van der Waals surface area contributed by atoms with E-state index in [1.807, 2.05) is 25.1 Å². The van der Waals surface area contributed by atoms with Gasteiger partial charge in [0.25, 0.3) is 0 Å². The van der Waals surface area contributed by atoms with E-state index in [0.717, 1.165) is 16.1 Å². The Kier molecular flexibility index (Phi) is 6.73. The molecule has 2 atom stereocenters. The molecule has 146 valence electrons. The molecule has 2 aromatic carbocycles. The van der Waals surface area contributed by atoms with Crippen LogP contribution in [0.1, 0.15) is 25.5 Å². The maximum Gasteiger partial charge on any atom is 0.244 e. The van der Waals surface area contributed by atoms with E-state index in [-0.39, 0.29) is 6.04 Å². The van der Waals surface area contributed by atoms with Gasteiger partial charge in [0.15, 0.2) is 0 Å². The lowest BCUT2D eigenvalue weighted by atomic mass is 10.1. The van der Waals surface area contributed by atoms with E-state index in [1.165, 1.54) is 13.0 Å². The van der Waals surface area contributed by atoms with E-state index in [0.29, 0.717) is 16.5 Å². The first-order chi connectivity index (χ1) is 12.6. The molecular weight excluding hydrogens is 388 g/mol. The van der Waals surface area contributed by atoms with E-state index >= 15 is 0 Å². The number of amides is 1. The van der Waals surface area contributed by atoms with Gasteiger partial charge < -0.3 is 10.1 Å². The molecule has 2 rings (SSSR count). The normalized spacial score (nSPS) is 13.5. The second-order valence-electron chi connectivity index (χ2n) is 6.19. The summed E-state index contributed by atoms with van der Waals surface area (Å²) < 4.78 is 31.0. The minimum atomic E-state index is -3.70. The molecule has 0 unspecified atom stereocenters. The second-order valence-corrected chi connectivity index (χ2v) is 8.48. The lowest BCUT2D eigenvalue weighted by molar-refractivity contribution is -0.122. The molecule has 2 aromatic rings. The molecule has 0 saturated carbocycles. The number of nitrogens with one attached hydrogen (secondary N) is 1. The maximum absolute atomic E-state index is 12.8. The van der Waals surface area contributed by atoms with Gasteiger partial charge in [0, 0.05) is 10.6 Å². The first-order valence-electron chi connectivity index (χ1n) is 8.33. The number of ether oxygens (including phenoxy) is 1. The van der Waals surface area contributed by atoms with Crippen molar-refractivity contribution in [3.8, 4) is 5.75 Å². The molecular formula is C19H23ClN2O4S. The van der Waals surface area contributed by atoms with Crippen molar-refractivity contribution < 1.29 is 17.9 Å². The SMILES string of the molecule is COc1ccccc1[C@H](C)NC(=O)[C@@H](C)N(c1cccc(Cl)c1)S(C)(=O)=O. The number of para-hydroxylation sites is 1. The highest BCUT2D eigenvalue weighted by Gasteiger charge is 2.30. The minimum Gasteiger partial charge on any atom is -0.496 e. The van der Waals surface area contributed by atoms with Crippen LogP contribution < -0.4 is 14.4 Å². The van der Waals surface area contributed by atoms with Gasteiger partial charge >= 0.3 is 0 Å². The molecule has 1 amide bonds. The minimum absolute atomic E-state index is 0.331. The van der Waals surface area contributed by atoms with E-state index in [1.54, 1.807) is 31.4 Å². The topological polar surface area (TPSA) is 75.7 Å². The summed E-state index contributed by atoms with van der Waals surface area (Å²) in [5.41, 5.74) is 1.13. The van der Waals surface area contributed by atoms with Crippen LogP contribution in [0.25, 0.3) is 0 Å². The molecule has 1 N–H and O–H groups in total. The number of carbonyl (C=O) groups excluding carboxylic acids is 1. The number of hydrogen-bond donors (Lipinski definition) is 1. The number of benzene rings is 2. The molecule has 0 fully saturated rings. The zero-order chi connectivity index (χ0) is 20.2. The van der Waals surface area contributed by atoms with Crippen LogP contribution in [-0.4, -0.2) is 33.7 Å². The number of anilines is 1. The van der Waals surface area contributed by atoms with Crippen molar-refractivity contribution in [1.82, 2.24) is 5.32 Å². The number of rotatable bonds is 7. The highest BCUT2D eigenvalue weighted by molar-refractivity contribution is 7.92. The van der Waals surface area contributed by atoms with Crippen molar-refractivity contribution in [3.63, 3.8) is 0 Å². The van der Waals surface area contributed by atoms with Gasteiger partial charge in [-0.15, -0.1) is 0 Å². The summed E-state index contributed by atoms with van der Waals surface area (Å²) in [6.45, 7) is 3.35. The molecule has 0 radical (unpaired) electrons. The van der Waals surface area contributed by atoms with Crippen LogP contribution in [0.2, 0.25) is 5.02 Å². The Morgan fingerprint density at radius 3 is 2.41 bits per heavy atom. The zero-order valence-corrected chi connectivity index (χ0v) is 17.2. The third kappa shape index (κ3) is 5.14. The highest BCUT2D eigenvalue weighted by atomic mass is 35.5. The van der Waals surface area contributed by atoms with Crippen LogP contribution in [-0.2, 0) is 14.8 Å². The van der Waals surface area contributed by atoms with Crippen molar-refractivity contribution >= 4 is 33.2 Å². The smallest absolute Gasteiger partial charge is 0.244 e. The second kappa shape index (κ2) is 8.63. The van der Waals surface area contributed by atoms with Gasteiger partial charge in [-0.1, -0.05) is 35.9 Å². The van der Waals surface area contributed by atoms with E-state index < -0.39 is 22.0 Å². The van der Waals surface area contributed by atoms with E-state index in [4.69, 9.17) is 16.3 Å². The molecule has 6 nitrogen and oxygen atoms in total. The number of hydrogen-bond acceptors (Lipinski definition) is 4. The van der Waals surface area contributed by atoms with Crippen LogP contribution in [0.4, 0.5) is 5.69 Å². The number of nitrogens with zero attached hydrogens (tertiary/aromatic N) is 1. The van der Waals surface area contributed by atoms with Gasteiger partial charge in [-0.3, -0.25) is 9.10 Å². The van der Waals surface area contributed by atoms with Crippen LogP contribution >= 0.6 is 11.6 Å². The van der Waals surface area contributed by atoms with Crippen LogP contribution in [0.3, 0.4) is 0 Å². The van der Waals surface area contributed by atoms with E-state index in [9.17, 15) is 13.2 Å². The maximum atomic E-state index is 12.8. The van der Waals surface area contributed by atoms with Crippen LogP contribution in [0.15, 0.2) is 48.5 Å². The van der Waals surface area contributed by atoms with Gasteiger partial charge in [-0.2, -0.15) is 0 Å². The fourth-order valence-electron chi connectivity index (χ4n) is 2.86. The predicted molar refractivity (Wildman–Crippen MR) is 108 cm³/mol. The lowest BCUT2D eigenvalue weighted by Gasteiger charge is -2.29. The lowest BCUT2D eigenvalue weighted by Crippen LogP contribution is -2.48. The Labute approximate surface area is 165 Å². The summed E-state index contributed by atoms with van der Waals surface area (Å²) in [5.74, 6) is 0.214. The van der Waals surface area contributed by atoms with Crippen LogP contribution in [0.5, 0.6) is 5.75 Å².